The van der Waals surface area contributed by atoms with Gasteiger partial charge in [-0.1, -0.05) is 12.1 Å². The summed E-state index contributed by atoms with van der Waals surface area (Å²) in [5.74, 6) is 2.08. The van der Waals surface area contributed by atoms with Crippen LogP contribution in [-0.2, 0) is 4.74 Å². The van der Waals surface area contributed by atoms with Crippen molar-refractivity contribution in [2.24, 2.45) is 0 Å². The average Bonchev–Trinajstić information content (AvgIpc) is 3.18. The van der Waals surface area contributed by atoms with Gasteiger partial charge in [0.1, 0.15) is 5.82 Å². The molecule has 29 heavy (non-hydrogen) atoms. The molecule has 4 heterocycles. The van der Waals surface area contributed by atoms with E-state index in [0.29, 0.717) is 24.9 Å². The molecule has 0 spiro atoms. The van der Waals surface area contributed by atoms with Crippen molar-refractivity contribution in [3.05, 3.63) is 48.7 Å². The number of nitrogen functional groups attached to an aromatic ring is 1. The van der Waals surface area contributed by atoms with Crippen molar-refractivity contribution in [3.63, 3.8) is 0 Å². The number of morpholine rings is 1. The van der Waals surface area contributed by atoms with Gasteiger partial charge in [-0.25, -0.2) is 15.0 Å². The molecule has 4 aromatic rings. The van der Waals surface area contributed by atoms with Crippen LogP contribution in [0.25, 0.3) is 32.0 Å². The van der Waals surface area contributed by atoms with E-state index in [1.807, 2.05) is 18.2 Å². The first kappa shape index (κ1) is 18.4. The smallest absolute Gasteiger partial charge is 0.163 e. The molecule has 1 fully saturated rings. The van der Waals surface area contributed by atoms with E-state index in [2.05, 4.69) is 40.7 Å². The Morgan fingerprint density at radius 2 is 1.90 bits per heavy atom. The fourth-order valence-corrected chi connectivity index (χ4v) is 4.71. The largest absolute Gasteiger partial charge is 0.384 e. The summed E-state index contributed by atoms with van der Waals surface area (Å²) >= 11 is 6.19. The highest BCUT2D eigenvalue weighted by Crippen LogP contribution is 2.39. The molecule has 0 atom stereocenters. The van der Waals surface area contributed by atoms with Gasteiger partial charge in [0.05, 0.1) is 23.4 Å². The van der Waals surface area contributed by atoms with Gasteiger partial charge in [-0.2, -0.15) is 0 Å². The second-order valence-electron chi connectivity index (χ2n) is 6.82. The van der Waals surface area contributed by atoms with Gasteiger partial charge < -0.3 is 15.4 Å². The van der Waals surface area contributed by atoms with Crippen molar-refractivity contribution in [2.45, 2.75) is 4.90 Å². The van der Waals surface area contributed by atoms with Gasteiger partial charge in [0, 0.05) is 34.6 Å². The number of rotatable bonds is 3. The zero-order valence-electron chi connectivity index (χ0n) is 15.6. The number of ether oxygens (including phenoxy) is 1. The number of benzene rings is 1. The minimum atomic E-state index is 0.479. The molecular weight excluding hydrogens is 402 g/mol. The monoisotopic (exact) mass is 421 g/mol. The van der Waals surface area contributed by atoms with Crippen molar-refractivity contribution >= 4 is 45.8 Å². The number of anilines is 2. The number of nitrogens with zero attached hydrogens (tertiary/aromatic N) is 4. The molecule has 8 heteroatoms. The van der Waals surface area contributed by atoms with Crippen LogP contribution in [0.3, 0.4) is 0 Å². The van der Waals surface area contributed by atoms with Crippen molar-refractivity contribution in [3.8, 4) is 21.8 Å². The second kappa shape index (κ2) is 7.62. The summed E-state index contributed by atoms with van der Waals surface area (Å²) < 4.78 is 6.62. The number of thiophene rings is 1. The van der Waals surface area contributed by atoms with E-state index in [-0.39, 0.29) is 0 Å². The molecule has 0 unspecified atom stereocenters. The number of aromatic nitrogens is 3. The highest BCUT2D eigenvalue weighted by Gasteiger charge is 2.20. The Labute approximate surface area is 177 Å². The summed E-state index contributed by atoms with van der Waals surface area (Å²) in [7, 11) is 0. The zero-order chi connectivity index (χ0) is 19.8. The summed E-state index contributed by atoms with van der Waals surface area (Å²) in [5.41, 5.74) is 8.65. The quantitative estimate of drug-likeness (QED) is 0.485. The highest BCUT2D eigenvalue weighted by atomic mass is 32.1. The van der Waals surface area contributed by atoms with Gasteiger partial charge in [0.15, 0.2) is 11.6 Å². The van der Waals surface area contributed by atoms with Crippen LogP contribution in [0.2, 0.25) is 0 Å². The predicted octanol–water partition coefficient (Wildman–Crippen LogP) is 4.13. The maximum atomic E-state index is 5.74. The SMILES string of the molecule is Nc1ccc(-c2nc(N3CCOCC3)c3sc(-c4cccc(S)c4)cc3n2)cn1. The summed E-state index contributed by atoms with van der Waals surface area (Å²) in [4.78, 5) is 18.3. The molecule has 3 aromatic heterocycles. The summed E-state index contributed by atoms with van der Waals surface area (Å²) in [5, 5.41) is 0. The molecule has 0 saturated carbocycles. The summed E-state index contributed by atoms with van der Waals surface area (Å²) in [6, 6.07) is 14.0. The van der Waals surface area contributed by atoms with E-state index >= 15 is 0 Å². The van der Waals surface area contributed by atoms with Crippen LogP contribution in [0.15, 0.2) is 53.6 Å². The lowest BCUT2D eigenvalue weighted by molar-refractivity contribution is 0.122. The molecule has 0 radical (unpaired) electrons. The Kier molecular flexibility index (Phi) is 4.83. The topological polar surface area (TPSA) is 77.2 Å². The molecule has 0 aliphatic carbocycles. The van der Waals surface area contributed by atoms with Crippen LogP contribution < -0.4 is 10.6 Å². The van der Waals surface area contributed by atoms with Crippen LogP contribution in [0.1, 0.15) is 0 Å². The molecule has 1 aliphatic rings. The average molecular weight is 422 g/mol. The van der Waals surface area contributed by atoms with Crippen LogP contribution in [0.5, 0.6) is 0 Å². The number of thiol groups is 1. The van der Waals surface area contributed by atoms with Crippen LogP contribution in [0.4, 0.5) is 11.6 Å². The van der Waals surface area contributed by atoms with E-state index in [4.69, 9.17) is 20.4 Å². The Morgan fingerprint density at radius 1 is 1.03 bits per heavy atom. The molecule has 146 valence electrons. The van der Waals surface area contributed by atoms with Crippen LogP contribution in [0, 0.1) is 0 Å². The lowest BCUT2D eigenvalue weighted by atomic mass is 10.2. The first-order valence-electron chi connectivity index (χ1n) is 9.33. The highest BCUT2D eigenvalue weighted by molar-refractivity contribution is 7.80. The molecule has 2 N–H and O–H groups in total. The molecule has 6 nitrogen and oxygen atoms in total. The number of nitrogens with two attached hydrogens (primary N) is 1. The molecular formula is C21H19N5OS2. The summed E-state index contributed by atoms with van der Waals surface area (Å²) in [6.45, 7) is 3.02. The number of pyridine rings is 1. The Bertz CT molecular complexity index is 1170. The van der Waals surface area contributed by atoms with Crippen LogP contribution >= 0.6 is 24.0 Å². The Morgan fingerprint density at radius 3 is 2.66 bits per heavy atom. The fraction of sp³-hybridized carbons (Fsp3) is 0.190. The predicted molar refractivity (Wildman–Crippen MR) is 121 cm³/mol. The third kappa shape index (κ3) is 3.66. The third-order valence-corrected chi connectivity index (χ3v) is 6.29. The molecule has 0 bridgehead atoms. The number of fused-ring (bicyclic) bond motifs is 1. The van der Waals surface area contributed by atoms with E-state index in [1.54, 1.807) is 23.6 Å². The van der Waals surface area contributed by atoms with Crippen molar-refractivity contribution in [2.75, 3.05) is 36.9 Å². The van der Waals surface area contributed by atoms with E-state index in [9.17, 15) is 0 Å². The second-order valence-corrected chi connectivity index (χ2v) is 8.39. The minimum absolute atomic E-state index is 0.479. The van der Waals surface area contributed by atoms with Gasteiger partial charge in [0.2, 0.25) is 0 Å². The van der Waals surface area contributed by atoms with Crippen molar-refractivity contribution in [1.29, 1.82) is 0 Å². The molecule has 1 aromatic carbocycles. The van der Waals surface area contributed by atoms with Crippen LogP contribution in [-0.4, -0.2) is 41.3 Å². The molecule has 5 rings (SSSR count). The third-order valence-electron chi connectivity index (χ3n) is 4.84. The molecule has 1 aliphatic heterocycles. The summed E-state index contributed by atoms with van der Waals surface area (Å²) in [6.07, 6.45) is 1.72. The number of hydrogen-bond donors (Lipinski definition) is 2. The van der Waals surface area contributed by atoms with Gasteiger partial charge in [-0.15, -0.1) is 24.0 Å². The maximum Gasteiger partial charge on any atom is 0.163 e. The van der Waals surface area contributed by atoms with Gasteiger partial charge in [0.25, 0.3) is 0 Å². The van der Waals surface area contributed by atoms with Gasteiger partial charge in [-0.05, 0) is 35.9 Å². The van der Waals surface area contributed by atoms with Crippen molar-refractivity contribution < 1.29 is 4.74 Å². The van der Waals surface area contributed by atoms with Gasteiger partial charge >= 0.3 is 0 Å². The lowest BCUT2D eigenvalue weighted by Crippen LogP contribution is -2.36. The lowest BCUT2D eigenvalue weighted by Gasteiger charge is -2.28. The standard InChI is InChI=1S/C21H19N5OS2/c22-18-5-4-14(12-23-18)20-24-16-11-17(13-2-1-3-15(28)10-13)29-19(16)21(25-20)26-6-8-27-9-7-26/h1-5,10-12,28H,6-9H2,(H2,22,23). The van der Waals surface area contributed by atoms with Gasteiger partial charge in [-0.3, -0.25) is 0 Å². The van der Waals surface area contributed by atoms with E-state index in [1.165, 1.54) is 0 Å². The Balaban J connectivity index is 1.68. The number of hydrogen-bond acceptors (Lipinski definition) is 8. The molecule has 0 amide bonds. The first-order valence-corrected chi connectivity index (χ1v) is 10.6. The van der Waals surface area contributed by atoms with E-state index in [0.717, 1.165) is 50.0 Å². The molecule has 1 saturated heterocycles. The normalized spacial score (nSPS) is 14.4. The van der Waals surface area contributed by atoms with Crippen molar-refractivity contribution in [1.82, 2.24) is 15.0 Å². The zero-order valence-corrected chi connectivity index (χ0v) is 17.3. The first-order chi connectivity index (χ1) is 14.2. The van der Waals surface area contributed by atoms with E-state index < -0.39 is 0 Å². The fourth-order valence-electron chi connectivity index (χ4n) is 3.37. The minimum Gasteiger partial charge on any atom is -0.384 e. The maximum absolute atomic E-state index is 5.74. The Hall–Kier alpha value is -2.68.